The maximum absolute atomic E-state index is 13.0. The third-order valence-corrected chi connectivity index (χ3v) is 6.63. The van der Waals surface area contributed by atoms with Gasteiger partial charge in [0, 0.05) is 17.5 Å². The van der Waals surface area contributed by atoms with Crippen molar-refractivity contribution in [2.45, 2.75) is 116 Å². The Balaban J connectivity index is 1.56. The molecule has 0 aliphatic heterocycles. The van der Waals surface area contributed by atoms with Gasteiger partial charge in [-0.15, -0.1) is 0 Å². The zero-order chi connectivity index (χ0) is 25.0. The van der Waals surface area contributed by atoms with Crippen molar-refractivity contribution in [2.75, 3.05) is 0 Å². The standard InChI is InChI=1S/C32H46O3/c1-2-3-4-5-6-7-8-9-10-11-12-13-14-15-22-27-30(33)35-32(29-25-20-17-21-26-29)31(34)28-23-18-16-19-24-28/h16-21,23-26,32H,2-15,22,27H2,1H3. The molecule has 0 heterocycles. The van der Waals surface area contributed by atoms with Crippen LogP contribution in [0.15, 0.2) is 60.7 Å². The number of hydrogen-bond acceptors (Lipinski definition) is 3. The molecule has 0 N–H and O–H groups in total. The van der Waals surface area contributed by atoms with Crippen LogP contribution in [0.1, 0.15) is 132 Å². The molecule has 0 saturated carbocycles. The number of ketones is 1. The minimum atomic E-state index is -0.887. The van der Waals surface area contributed by atoms with Crippen LogP contribution < -0.4 is 0 Å². The molecule has 192 valence electrons. The predicted molar refractivity (Wildman–Crippen MR) is 146 cm³/mol. The molecule has 1 atom stereocenters. The minimum absolute atomic E-state index is 0.179. The molecular formula is C32H46O3. The van der Waals surface area contributed by atoms with Crippen molar-refractivity contribution in [3.05, 3.63) is 71.8 Å². The summed E-state index contributed by atoms with van der Waals surface area (Å²) in [6.45, 7) is 2.27. The van der Waals surface area contributed by atoms with E-state index in [1.54, 1.807) is 12.1 Å². The summed E-state index contributed by atoms with van der Waals surface area (Å²) in [6, 6.07) is 18.4. The Morgan fingerprint density at radius 1 is 0.600 bits per heavy atom. The molecule has 0 aliphatic carbocycles. The van der Waals surface area contributed by atoms with Gasteiger partial charge in [0.15, 0.2) is 6.10 Å². The summed E-state index contributed by atoms with van der Waals surface area (Å²) in [6.07, 6.45) is 18.9. The first-order valence-electron chi connectivity index (χ1n) is 14.1. The van der Waals surface area contributed by atoms with Crippen LogP contribution >= 0.6 is 0 Å². The number of hydrogen-bond donors (Lipinski definition) is 0. The van der Waals surface area contributed by atoms with Crippen LogP contribution in [0.3, 0.4) is 0 Å². The van der Waals surface area contributed by atoms with Gasteiger partial charge in [-0.25, -0.2) is 0 Å². The van der Waals surface area contributed by atoms with Crippen LogP contribution in [-0.4, -0.2) is 11.8 Å². The third kappa shape index (κ3) is 12.7. The highest BCUT2D eigenvalue weighted by Gasteiger charge is 2.25. The third-order valence-electron chi connectivity index (χ3n) is 6.63. The van der Waals surface area contributed by atoms with Gasteiger partial charge in [-0.05, 0) is 6.42 Å². The fourth-order valence-corrected chi connectivity index (χ4v) is 4.49. The molecule has 1 unspecified atom stereocenters. The molecule has 0 aliphatic rings. The smallest absolute Gasteiger partial charge is 0.306 e. The lowest BCUT2D eigenvalue weighted by Crippen LogP contribution is -2.20. The van der Waals surface area contributed by atoms with Gasteiger partial charge in [0.2, 0.25) is 5.78 Å². The predicted octanol–water partition coefficient (Wildman–Crippen LogP) is 9.42. The van der Waals surface area contributed by atoms with Gasteiger partial charge in [-0.3, -0.25) is 9.59 Å². The molecule has 35 heavy (non-hydrogen) atoms. The number of unbranched alkanes of at least 4 members (excludes halogenated alkanes) is 14. The van der Waals surface area contributed by atoms with Crippen molar-refractivity contribution in [2.24, 2.45) is 0 Å². The molecule has 2 aromatic rings. The van der Waals surface area contributed by atoms with E-state index >= 15 is 0 Å². The maximum atomic E-state index is 13.0. The Kier molecular flexibility index (Phi) is 15.5. The summed E-state index contributed by atoms with van der Waals surface area (Å²) >= 11 is 0. The number of esters is 1. The highest BCUT2D eigenvalue weighted by atomic mass is 16.5. The van der Waals surface area contributed by atoms with Crippen LogP contribution in [0.2, 0.25) is 0 Å². The zero-order valence-corrected chi connectivity index (χ0v) is 21.9. The van der Waals surface area contributed by atoms with Gasteiger partial charge in [0.05, 0.1) is 0 Å². The van der Waals surface area contributed by atoms with Gasteiger partial charge in [-0.2, -0.15) is 0 Å². The summed E-state index contributed by atoms with van der Waals surface area (Å²) in [7, 11) is 0. The van der Waals surface area contributed by atoms with Crippen LogP contribution in [0.4, 0.5) is 0 Å². The van der Waals surface area contributed by atoms with E-state index in [1.165, 1.54) is 77.0 Å². The fourth-order valence-electron chi connectivity index (χ4n) is 4.49. The van der Waals surface area contributed by atoms with E-state index in [2.05, 4.69) is 6.92 Å². The van der Waals surface area contributed by atoms with E-state index in [1.807, 2.05) is 48.5 Å². The van der Waals surface area contributed by atoms with Gasteiger partial charge < -0.3 is 4.74 Å². The first-order valence-corrected chi connectivity index (χ1v) is 14.1. The minimum Gasteiger partial charge on any atom is -0.449 e. The monoisotopic (exact) mass is 478 g/mol. The number of rotatable bonds is 20. The summed E-state index contributed by atoms with van der Waals surface area (Å²) < 4.78 is 5.68. The van der Waals surface area contributed by atoms with Crippen molar-refractivity contribution in [1.82, 2.24) is 0 Å². The second-order valence-electron chi connectivity index (χ2n) is 9.71. The van der Waals surface area contributed by atoms with E-state index in [0.29, 0.717) is 17.5 Å². The average molecular weight is 479 g/mol. The Bertz CT molecular complexity index is 800. The highest BCUT2D eigenvalue weighted by molar-refractivity contribution is 6.00. The molecule has 2 aromatic carbocycles. The fraction of sp³-hybridized carbons (Fsp3) is 0.562. The SMILES string of the molecule is CCCCCCCCCCCCCCCCCC(=O)OC(C(=O)c1ccccc1)c1ccccc1. The second-order valence-corrected chi connectivity index (χ2v) is 9.71. The van der Waals surface area contributed by atoms with Crippen LogP contribution in [-0.2, 0) is 9.53 Å². The summed E-state index contributed by atoms with van der Waals surface area (Å²) in [4.78, 5) is 25.5. The van der Waals surface area contributed by atoms with Crippen LogP contribution in [0.5, 0.6) is 0 Å². The van der Waals surface area contributed by atoms with E-state index in [9.17, 15) is 9.59 Å². The average Bonchev–Trinajstić information content (AvgIpc) is 2.90. The number of carbonyl (C=O) groups is 2. The van der Waals surface area contributed by atoms with Crippen molar-refractivity contribution in [1.29, 1.82) is 0 Å². The zero-order valence-electron chi connectivity index (χ0n) is 21.9. The van der Waals surface area contributed by atoms with E-state index in [0.717, 1.165) is 19.3 Å². The molecule has 2 rings (SSSR count). The van der Waals surface area contributed by atoms with Gasteiger partial charge in [0.25, 0.3) is 0 Å². The number of carbonyl (C=O) groups excluding carboxylic acids is 2. The molecule has 0 fully saturated rings. The van der Waals surface area contributed by atoms with Gasteiger partial charge >= 0.3 is 5.97 Å². The largest absolute Gasteiger partial charge is 0.449 e. The van der Waals surface area contributed by atoms with Gasteiger partial charge in [0.1, 0.15) is 0 Å². The molecule has 0 aromatic heterocycles. The Morgan fingerprint density at radius 3 is 1.51 bits per heavy atom. The van der Waals surface area contributed by atoms with Crippen LogP contribution in [0, 0.1) is 0 Å². The molecular weight excluding hydrogens is 432 g/mol. The lowest BCUT2D eigenvalue weighted by molar-refractivity contribution is -0.147. The summed E-state index contributed by atoms with van der Waals surface area (Å²) in [5.74, 6) is -0.473. The number of Topliss-reactive ketones (excluding diaryl/α,β-unsaturated/α-hetero) is 1. The van der Waals surface area contributed by atoms with Gasteiger partial charge in [-0.1, -0.05) is 157 Å². The molecule has 3 nitrogen and oxygen atoms in total. The van der Waals surface area contributed by atoms with Crippen molar-refractivity contribution >= 4 is 11.8 Å². The van der Waals surface area contributed by atoms with Crippen molar-refractivity contribution < 1.29 is 14.3 Å². The maximum Gasteiger partial charge on any atom is 0.306 e. The van der Waals surface area contributed by atoms with Crippen molar-refractivity contribution in [3.8, 4) is 0 Å². The molecule has 0 radical (unpaired) electrons. The number of ether oxygens (including phenoxy) is 1. The van der Waals surface area contributed by atoms with E-state index in [4.69, 9.17) is 4.74 Å². The topological polar surface area (TPSA) is 43.4 Å². The summed E-state index contributed by atoms with van der Waals surface area (Å²) in [5.41, 5.74) is 1.27. The lowest BCUT2D eigenvalue weighted by Gasteiger charge is -2.17. The highest BCUT2D eigenvalue weighted by Crippen LogP contribution is 2.24. The van der Waals surface area contributed by atoms with Crippen LogP contribution in [0.25, 0.3) is 0 Å². The van der Waals surface area contributed by atoms with Crippen molar-refractivity contribution in [3.63, 3.8) is 0 Å². The first-order chi connectivity index (χ1) is 17.2. The molecule has 3 heteroatoms. The molecule has 0 bridgehead atoms. The summed E-state index contributed by atoms with van der Waals surface area (Å²) in [5, 5.41) is 0. The Morgan fingerprint density at radius 2 is 1.03 bits per heavy atom. The molecule has 0 spiro atoms. The second kappa shape index (κ2) is 18.9. The van der Waals surface area contributed by atoms with E-state index in [-0.39, 0.29) is 11.8 Å². The molecule has 0 amide bonds. The normalized spacial score (nSPS) is 11.8. The molecule has 0 saturated heterocycles. The number of benzene rings is 2. The quantitative estimate of drug-likeness (QED) is 0.108. The van der Waals surface area contributed by atoms with E-state index < -0.39 is 6.10 Å². The Labute approximate surface area is 213 Å². The first kappa shape index (κ1) is 28.8. The lowest BCUT2D eigenvalue weighted by atomic mass is 10.00. The Hall–Kier alpha value is -2.42.